The van der Waals surface area contributed by atoms with E-state index < -0.39 is 0 Å². The highest BCUT2D eigenvalue weighted by Crippen LogP contribution is 2.27. The van der Waals surface area contributed by atoms with Crippen molar-refractivity contribution in [3.8, 4) is 11.3 Å². The van der Waals surface area contributed by atoms with Gasteiger partial charge in [0.05, 0.1) is 16.3 Å². The molecule has 2 heterocycles. The van der Waals surface area contributed by atoms with Crippen LogP contribution < -0.4 is 5.32 Å². The topological polar surface area (TPSA) is 59.3 Å². The Labute approximate surface area is 169 Å². The second-order valence-corrected chi connectivity index (χ2v) is 7.38. The first-order valence-corrected chi connectivity index (χ1v) is 9.35. The highest BCUT2D eigenvalue weighted by molar-refractivity contribution is 9.10. The Kier molecular flexibility index (Phi) is 4.68. The van der Waals surface area contributed by atoms with Gasteiger partial charge < -0.3 is 5.32 Å². The Morgan fingerprint density at radius 1 is 1.22 bits per heavy atom. The smallest absolute Gasteiger partial charge is 0.257 e. The van der Waals surface area contributed by atoms with Crippen LogP contribution in [0.3, 0.4) is 0 Å². The van der Waals surface area contributed by atoms with Crippen molar-refractivity contribution in [1.29, 1.82) is 0 Å². The van der Waals surface area contributed by atoms with Crippen LogP contribution in [0.4, 0.5) is 5.69 Å². The number of imidazole rings is 1. The van der Waals surface area contributed by atoms with Crippen LogP contribution in [0.1, 0.15) is 15.9 Å². The minimum atomic E-state index is -0.266. The van der Waals surface area contributed by atoms with Crippen LogP contribution in [0.25, 0.3) is 17.0 Å². The van der Waals surface area contributed by atoms with E-state index in [1.807, 2.05) is 48.0 Å². The minimum Gasteiger partial charge on any atom is -0.322 e. The maximum Gasteiger partial charge on any atom is 0.257 e. The summed E-state index contributed by atoms with van der Waals surface area (Å²) in [7, 11) is 0. The van der Waals surface area contributed by atoms with Crippen LogP contribution in [0.2, 0.25) is 5.02 Å². The van der Waals surface area contributed by atoms with Gasteiger partial charge in [-0.25, -0.2) is 9.97 Å². The molecule has 27 heavy (non-hydrogen) atoms. The normalized spacial score (nSPS) is 10.9. The molecule has 5 nitrogen and oxygen atoms in total. The van der Waals surface area contributed by atoms with Crippen molar-refractivity contribution in [2.75, 3.05) is 5.32 Å². The molecule has 0 fully saturated rings. The van der Waals surface area contributed by atoms with E-state index in [-0.39, 0.29) is 5.91 Å². The molecule has 0 atom stereocenters. The number of amides is 1. The monoisotopic (exact) mass is 440 g/mol. The third kappa shape index (κ3) is 3.59. The van der Waals surface area contributed by atoms with E-state index in [9.17, 15) is 4.79 Å². The van der Waals surface area contributed by atoms with Crippen molar-refractivity contribution in [3.63, 3.8) is 0 Å². The number of halogens is 2. The Morgan fingerprint density at radius 2 is 2.07 bits per heavy atom. The maximum absolute atomic E-state index is 12.7. The Morgan fingerprint density at radius 3 is 2.89 bits per heavy atom. The molecule has 0 aliphatic carbocycles. The fraction of sp³-hybridized carbons (Fsp3) is 0.0500. The van der Waals surface area contributed by atoms with E-state index in [0.717, 1.165) is 21.3 Å². The van der Waals surface area contributed by atoms with Gasteiger partial charge in [0.15, 0.2) is 0 Å². The van der Waals surface area contributed by atoms with Gasteiger partial charge in [-0.1, -0.05) is 39.7 Å². The van der Waals surface area contributed by atoms with E-state index in [0.29, 0.717) is 22.1 Å². The highest BCUT2D eigenvalue weighted by Gasteiger charge is 2.14. The second-order valence-electron chi connectivity index (χ2n) is 6.06. The van der Waals surface area contributed by atoms with Gasteiger partial charge in [-0.15, -0.1) is 0 Å². The molecule has 0 saturated heterocycles. The molecule has 7 heteroatoms. The van der Waals surface area contributed by atoms with Crippen molar-refractivity contribution >= 4 is 44.9 Å². The molecule has 4 rings (SSSR count). The van der Waals surface area contributed by atoms with Crippen molar-refractivity contribution in [3.05, 3.63) is 81.7 Å². The summed E-state index contributed by atoms with van der Waals surface area (Å²) >= 11 is 9.54. The minimum absolute atomic E-state index is 0.266. The predicted molar refractivity (Wildman–Crippen MR) is 110 cm³/mol. The molecule has 0 radical (unpaired) electrons. The fourth-order valence-electron chi connectivity index (χ4n) is 2.75. The Hall–Kier alpha value is -2.70. The SMILES string of the molecule is Cc1ccc(-c2cn3cccnc3n2)cc1NC(=O)c1cc(Br)ccc1Cl. The summed E-state index contributed by atoms with van der Waals surface area (Å²) in [5, 5.41) is 3.34. The van der Waals surface area contributed by atoms with E-state index >= 15 is 0 Å². The first kappa shape index (κ1) is 17.7. The zero-order valence-electron chi connectivity index (χ0n) is 14.3. The number of rotatable bonds is 3. The van der Waals surface area contributed by atoms with Gasteiger partial charge in [0, 0.05) is 34.3 Å². The molecular formula is C20H14BrClN4O. The molecule has 1 amide bonds. The number of hydrogen-bond acceptors (Lipinski definition) is 3. The van der Waals surface area contributed by atoms with Gasteiger partial charge >= 0.3 is 0 Å². The van der Waals surface area contributed by atoms with Crippen LogP contribution in [-0.4, -0.2) is 20.3 Å². The van der Waals surface area contributed by atoms with Gasteiger partial charge in [0.1, 0.15) is 0 Å². The molecule has 4 aromatic rings. The summed E-state index contributed by atoms with van der Waals surface area (Å²) in [6.45, 7) is 1.94. The average molecular weight is 442 g/mol. The summed E-state index contributed by atoms with van der Waals surface area (Å²) in [5.74, 6) is 0.359. The van der Waals surface area contributed by atoms with Crippen molar-refractivity contribution in [1.82, 2.24) is 14.4 Å². The molecule has 1 N–H and O–H groups in total. The van der Waals surface area contributed by atoms with Gasteiger partial charge in [-0.3, -0.25) is 9.20 Å². The van der Waals surface area contributed by atoms with E-state index in [4.69, 9.17) is 11.6 Å². The number of nitrogens with zero attached hydrogens (tertiary/aromatic N) is 3. The standard InChI is InChI=1S/C20H14BrClN4O/c1-12-3-4-13(18-11-26-8-2-7-23-20(26)25-18)9-17(12)24-19(27)15-10-14(21)5-6-16(15)22/h2-11H,1H3,(H,24,27). The summed E-state index contributed by atoms with van der Waals surface area (Å²) in [6.07, 6.45) is 5.50. The summed E-state index contributed by atoms with van der Waals surface area (Å²) < 4.78 is 2.65. The lowest BCUT2D eigenvalue weighted by atomic mass is 10.1. The third-order valence-corrected chi connectivity index (χ3v) is 5.01. The van der Waals surface area contributed by atoms with Crippen LogP contribution in [-0.2, 0) is 0 Å². The van der Waals surface area contributed by atoms with Gasteiger partial charge in [-0.05, 0) is 42.8 Å². The first-order valence-electron chi connectivity index (χ1n) is 8.18. The lowest BCUT2D eigenvalue weighted by molar-refractivity contribution is 0.102. The number of aromatic nitrogens is 3. The van der Waals surface area contributed by atoms with Gasteiger partial charge in [-0.2, -0.15) is 0 Å². The third-order valence-electron chi connectivity index (χ3n) is 4.19. The molecule has 0 aliphatic rings. The molecular weight excluding hydrogens is 428 g/mol. The lowest BCUT2D eigenvalue weighted by Crippen LogP contribution is -2.13. The average Bonchev–Trinajstić information content (AvgIpc) is 3.09. The zero-order chi connectivity index (χ0) is 19.0. The number of carbonyl (C=O) groups excluding carboxylic acids is 1. The van der Waals surface area contributed by atoms with Crippen LogP contribution in [0.5, 0.6) is 0 Å². The Balaban J connectivity index is 1.68. The van der Waals surface area contributed by atoms with Crippen molar-refractivity contribution < 1.29 is 4.79 Å². The molecule has 2 aromatic heterocycles. The maximum atomic E-state index is 12.7. The number of carbonyl (C=O) groups is 1. The highest BCUT2D eigenvalue weighted by atomic mass is 79.9. The molecule has 0 aliphatic heterocycles. The van der Waals surface area contributed by atoms with E-state index in [1.165, 1.54) is 0 Å². The zero-order valence-corrected chi connectivity index (χ0v) is 16.6. The second kappa shape index (κ2) is 7.13. The van der Waals surface area contributed by atoms with Gasteiger partial charge in [0.25, 0.3) is 5.91 Å². The summed E-state index contributed by atoms with van der Waals surface area (Å²) in [6, 6.07) is 12.9. The summed E-state index contributed by atoms with van der Waals surface area (Å²) in [5.41, 5.74) is 3.73. The van der Waals surface area contributed by atoms with Crippen molar-refractivity contribution in [2.24, 2.45) is 0 Å². The van der Waals surface area contributed by atoms with Crippen LogP contribution >= 0.6 is 27.5 Å². The summed E-state index contributed by atoms with van der Waals surface area (Å²) in [4.78, 5) is 21.4. The van der Waals surface area contributed by atoms with Gasteiger partial charge in [0.2, 0.25) is 5.78 Å². The molecule has 2 aromatic carbocycles. The number of nitrogens with one attached hydrogen (secondary N) is 1. The molecule has 0 saturated carbocycles. The van der Waals surface area contributed by atoms with Crippen LogP contribution in [0, 0.1) is 6.92 Å². The number of anilines is 1. The largest absolute Gasteiger partial charge is 0.322 e. The lowest BCUT2D eigenvalue weighted by Gasteiger charge is -2.11. The van der Waals surface area contributed by atoms with Crippen LogP contribution in [0.15, 0.2) is 65.5 Å². The quantitative estimate of drug-likeness (QED) is 0.465. The molecule has 0 unspecified atom stereocenters. The number of hydrogen-bond donors (Lipinski definition) is 1. The van der Waals surface area contributed by atoms with E-state index in [2.05, 4.69) is 31.2 Å². The molecule has 134 valence electrons. The Bertz CT molecular complexity index is 1140. The van der Waals surface area contributed by atoms with E-state index in [1.54, 1.807) is 24.4 Å². The number of benzene rings is 2. The molecule has 0 spiro atoms. The predicted octanol–water partition coefficient (Wildman–Crippen LogP) is 5.37. The molecule has 0 bridgehead atoms. The number of aryl methyl sites for hydroxylation is 1. The number of fused-ring (bicyclic) bond motifs is 1. The van der Waals surface area contributed by atoms with Crippen molar-refractivity contribution in [2.45, 2.75) is 6.92 Å². The fourth-order valence-corrected chi connectivity index (χ4v) is 3.31. The first-order chi connectivity index (χ1) is 13.0.